The highest BCUT2D eigenvalue weighted by atomic mass is 35.5. The molecule has 2 atom stereocenters. The maximum atomic E-state index is 13.3. The summed E-state index contributed by atoms with van der Waals surface area (Å²) in [6.07, 6.45) is 7.00. The number of hydrogen-bond acceptors (Lipinski definition) is 13. The lowest BCUT2D eigenvalue weighted by atomic mass is 9.95. The summed E-state index contributed by atoms with van der Waals surface area (Å²) in [7, 11) is 3.25. The van der Waals surface area contributed by atoms with Crippen LogP contribution in [0.15, 0.2) is 24.4 Å². The van der Waals surface area contributed by atoms with Gasteiger partial charge in [0.05, 0.1) is 98.1 Å². The maximum absolute atomic E-state index is 13.3. The molecule has 54 heavy (non-hydrogen) atoms. The third-order valence-corrected chi connectivity index (χ3v) is 9.86. The maximum Gasteiger partial charge on any atom is 0.254 e. The number of ether oxygens (including phenoxy) is 7. The smallest absolute Gasteiger partial charge is 0.254 e. The van der Waals surface area contributed by atoms with Gasteiger partial charge in [-0.25, -0.2) is 4.98 Å². The van der Waals surface area contributed by atoms with Crippen LogP contribution in [0.3, 0.4) is 0 Å². The normalized spacial score (nSPS) is 17.2. The molecule has 16 heteroatoms. The molecule has 2 amide bonds. The lowest BCUT2D eigenvalue weighted by Gasteiger charge is -2.35. The van der Waals surface area contributed by atoms with Crippen LogP contribution in [0.25, 0.3) is 0 Å². The van der Waals surface area contributed by atoms with E-state index >= 15 is 0 Å². The van der Waals surface area contributed by atoms with Crippen molar-refractivity contribution in [2.75, 3.05) is 130 Å². The van der Waals surface area contributed by atoms with E-state index in [9.17, 15) is 9.59 Å². The van der Waals surface area contributed by atoms with Crippen molar-refractivity contribution >= 4 is 40.9 Å². The molecule has 0 radical (unpaired) electrons. The number of nitrogens with one attached hydrogen (secondary N) is 2. The molecule has 302 valence electrons. The SMILES string of the molecule is CNc1nc(Nc2ccc(C(=O)N3CCN(C(=O)CCOCCOCCOCCOCCOCCOCCC4CCCC4C)CC3)cc2OC)ncc1Cl. The fraction of sp³-hybridized carbons (Fsp3) is 0.684. The van der Waals surface area contributed by atoms with Crippen molar-refractivity contribution in [2.24, 2.45) is 11.8 Å². The van der Waals surface area contributed by atoms with E-state index < -0.39 is 0 Å². The van der Waals surface area contributed by atoms with Crippen molar-refractivity contribution in [3.05, 3.63) is 35.0 Å². The molecule has 2 unspecified atom stereocenters. The minimum Gasteiger partial charge on any atom is -0.495 e. The Hall–Kier alpha value is -3.31. The molecule has 1 aliphatic heterocycles. The molecule has 1 aliphatic carbocycles. The fourth-order valence-electron chi connectivity index (χ4n) is 6.40. The van der Waals surface area contributed by atoms with Crippen molar-refractivity contribution in [3.8, 4) is 5.75 Å². The van der Waals surface area contributed by atoms with Crippen LogP contribution in [0, 0.1) is 11.8 Å². The topological polar surface area (TPSA) is 155 Å². The van der Waals surface area contributed by atoms with E-state index in [0.29, 0.717) is 133 Å². The summed E-state index contributed by atoms with van der Waals surface area (Å²) in [4.78, 5) is 38.0. The molecule has 4 rings (SSSR count). The Morgan fingerprint density at radius 2 is 1.39 bits per heavy atom. The first-order valence-corrected chi connectivity index (χ1v) is 19.5. The lowest BCUT2D eigenvalue weighted by Crippen LogP contribution is -2.50. The van der Waals surface area contributed by atoms with E-state index in [2.05, 4.69) is 27.5 Å². The number of methoxy groups -OCH3 is 1. The second-order valence-electron chi connectivity index (χ2n) is 13.2. The van der Waals surface area contributed by atoms with Gasteiger partial charge in [0.2, 0.25) is 11.9 Å². The summed E-state index contributed by atoms with van der Waals surface area (Å²) >= 11 is 6.08. The van der Waals surface area contributed by atoms with Gasteiger partial charge in [0.1, 0.15) is 16.6 Å². The number of hydrogen-bond donors (Lipinski definition) is 2. The van der Waals surface area contributed by atoms with Gasteiger partial charge in [0.25, 0.3) is 5.91 Å². The molecule has 2 fully saturated rings. The molecule has 2 N–H and O–H groups in total. The number of benzene rings is 1. The van der Waals surface area contributed by atoms with Gasteiger partial charge in [-0.1, -0.05) is 37.8 Å². The molecule has 1 saturated heterocycles. The number of carbonyl (C=O) groups excluding carboxylic acids is 2. The largest absolute Gasteiger partial charge is 0.495 e. The van der Waals surface area contributed by atoms with Gasteiger partial charge in [0.15, 0.2) is 0 Å². The number of rotatable bonds is 26. The Kier molecular flexibility index (Phi) is 20.1. The second kappa shape index (κ2) is 25.0. The summed E-state index contributed by atoms with van der Waals surface area (Å²) in [5.74, 6) is 2.82. The number of halogens is 1. The average Bonchev–Trinajstić information content (AvgIpc) is 3.61. The first kappa shape index (κ1) is 43.4. The first-order chi connectivity index (χ1) is 26.4. The van der Waals surface area contributed by atoms with Crippen molar-refractivity contribution in [1.29, 1.82) is 0 Å². The highest BCUT2D eigenvalue weighted by Crippen LogP contribution is 2.33. The Morgan fingerprint density at radius 3 is 1.94 bits per heavy atom. The number of amides is 2. The van der Waals surface area contributed by atoms with Crippen LogP contribution < -0.4 is 15.4 Å². The number of carbonyl (C=O) groups is 2. The molecular formula is C38H59ClN6O9. The molecule has 1 aromatic heterocycles. The Bertz CT molecular complexity index is 1400. The summed E-state index contributed by atoms with van der Waals surface area (Å²) in [6.45, 7) is 10.3. The zero-order valence-corrected chi connectivity index (χ0v) is 32.9. The Balaban J connectivity index is 0.947. The molecule has 0 bridgehead atoms. The van der Waals surface area contributed by atoms with Gasteiger partial charge in [0, 0.05) is 45.4 Å². The van der Waals surface area contributed by atoms with Gasteiger partial charge in [-0.15, -0.1) is 0 Å². The Morgan fingerprint density at radius 1 is 0.815 bits per heavy atom. The minimum atomic E-state index is -0.133. The molecular weight excluding hydrogens is 720 g/mol. The number of aromatic nitrogens is 2. The van der Waals surface area contributed by atoms with Crippen molar-refractivity contribution < 1.29 is 42.7 Å². The summed E-state index contributed by atoms with van der Waals surface area (Å²) in [6, 6.07) is 5.14. The highest BCUT2D eigenvalue weighted by Gasteiger charge is 2.26. The highest BCUT2D eigenvalue weighted by molar-refractivity contribution is 6.32. The van der Waals surface area contributed by atoms with Gasteiger partial charge in [-0.3, -0.25) is 9.59 Å². The van der Waals surface area contributed by atoms with E-state index in [0.717, 1.165) is 24.9 Å². The summed E-state index contributed by atoms with van der Waals surface area (Å²) in [5, 5.41) is 6.41. The molecule has 1 saturated carbocycles. The third-order valence-electron chi connectivity index (χ3n) is 9.59. The quantitative estimate of drug-likeness (QED) is 0.129. The van der Waals surface area contributed by atoms with E-state index in [-0.39, 0.29) is 18.2 Å². The van der Waals surface area contributed by atoms with Crippen molar-refractivity contribution in [1.82, 2.24) is 19.8 Å². The standard InChI is InChI=1S/C38H59ClN6O9/c1-29-5-4-6-30(29)9-15-49-17-19-51-21-23-53-25-26-54-24-22-52-20-18-50-16-10-35(46)44-11-13-45(14-12-44)37(47)31-7-8-33(34(27-31)48-3)42-38-41-28-32(39)36(40-2)43-38/h7-8,27-30H,4-6,9-26H2,1-3H3,(H2,40,41,42,43). The molecule has 1 aromatic carbocycles. The predicted molar refractivity (Wildman–Crippen MR) is 206 cm³/mol. The first-order valence-electron chi connectivity index (χ1n) is 19.1. The van der Waals surface area contributed by atoms with E-state index in [1.54, 1.807) is 35.0 Å². The lowest BCUT2D eigenvalue weighted by molar-refractivity contribution is -0.134. The summed E-state index contributed by atoms with van der Waals surface area (Å²) < 4.78 is 39.0. The van der Waals surface area contributed by atoms with Crippen LogP contribution in [0.5, 0.6) is 5.75 Å². The van der Waals surface area contributed by atoms with Crippen LogP contribution in [0.1, 0.15) is 49.4 Å². The van der Waals surface area contributed by atoms with E-state index in [4.69, 9.17) is 44.8 Å². The van der Waals surface area contributed by atoms with Crippen molar-refractivity contribution in [2.45, 2.75) is 39.0 Å². The van der Waals surface area contributed by atoms with Gasteiger partial charge >= 0.3 is 0 Å². The zero-order chi connectivity index (χ0) is 38.4. The molecule has 15 nitrogen and oxygen atoms in total. The zero-order valence-electron chi connectivity index (χ0n) is 32.2. The molecule has 2 heterocycles. The fourth-order valence-corrected chi connectivity index (χ4v) is 6.58. The number of nitrogens with zero attached hydrogens (tertiary/aromatic N) is 4. The van der Waals surface area contributed by atoms with E-state index in [1.165, 1.54) is 32.6 Å². The minimum absolute atomic E-state index is 0.00152. The van der Waals surface area contributed by atoms with Crippen LogP contribution in [-0.2, 0) is 33.2 Å². The van der Waals surface area contributed by atoms with Gasteiger partial charge in [-0.2, -0.15) is 4.98 Å². The van der Waals surface area contributed by atoms with Gasteiger partial charge in [-0.05, 0) is 36.5 Å². The van der Waals surface area contributed by atoms with Gasteiger partial charge < -0.3 is 53.6 Å². The second-order valence-corrected chi connectivity index (χ2v) is 13.6. The third kappa shape index (κ3) is 15.1. The predicted octanol–water partition coefficient (Wildman–Crippen LogP) is 4.52. The van der Waals surface area contributed by atoms with Crippen LogP contribution >= 0.6 is 11.6 Å². The molecule has 0 spiro atoms. The van der Waals surface area contributed by atoms with E-state index in [1.807, 2.05) is 0 Å². The van der Waals surface area contributed by atoms with Crippen LogP contribution in [0.2, 0.25) is 5.02 Å². The average molecular weight is 779 g/mol. The molecule has 2 aromatic rings. The van der Waals surface area contributed by atoms with Crippen LogP contribution in [-0.4, -0.2) is 151 Å². The molecule has 2 aliphatic rings. The monoisotopic (exact) mass is 778 g/mol. The summed E-state index contributed by atoms with van der Waals surface area (Å²) in [5.41, 5.74) is 1.08. The van der Waals surface area contributed by atoms with Crippen molar-refractivity contribution in [3.63, 3.8) is 0 Å². The van der Waals surface area contributed by atoms with Crippen LogP contribution in [0.4, 0.5) is 17.5 Å². The number of anilines is 3. The Labute approximate surface area is 324 Å². The number of piperazine rings is 1.